The van der Waals surface area contributed by atoms with Gasteiger partial charge in [0.2, 0.25) is 0 Å². The zero-order chi connectivity index (χ0) is 10.0. The van der Waals surface area contributed by atoms with Crippen LogP contribution in [0.25, 0.3) is 0 Å². The Balaban J connectivity index is 3.25. The van der Waals surface area contributed by atoms with Crippen molar-refractivity contribution in [3.05, 3.63) is 28.8 Å². The van der Waals surface area contributed by atoms with Crippen LogP contribution in [0.5, 0.6) is 0 Å². The predicted molar refractivity (Wildman–Crippen MR) is 59.1 cm³/mol. The molecular formula is C12H19N. The first kappa shape index (κ1) is 10.1. The summed E-state index contributed by atoms with van der Waals surface area (Å²) in [6.07, 6.45) is 1.09. The monoisotopic (exact) mass is 177 g/mol. The van der Waals surface area contributed by atoms with E-state index in [0.29, 0.717) is 5.92 Å². The molecule has 0 aliphatic heterocycles. The molecule has 0 saturated carbocycles. The average molecular weight is 177 g/mol. The number of aryl methyl sites for hydroxylation is 2. The topological polar surface area (TPSA) is 26.0 Å². The molecule has 1 aromatic carbocycles. The molecule has 1 heteroatoms. The Bertz CT molecular complexity index is 300. The molecule has 0 radical (unpaired) electrons. The highest BCUT2D eigenvalue weighted by Crippen LogP contribution is 2.25. The predicted octanol–water partition coefficient (Wildman–Crippen LogP) is 3.26. The van der Waals surface area contributed by atoms with Gasteiger partial charge in [0.25, 0.3) is 0 Å². The van der Waals surface area contributed by atoms with Crippen molar-refractivity contribution in [2.75, 3.05) is 5.73 Å². The third-order valence-corrected chi connectivity index (χ3v) is 2.53. The molecule has 0 saturated heterocycles. The summed E-state index contributed by atoms with van der Waals surface area (Å²) >= 11 is 0. The highest BCUT2D eigenvalue weighted by atomic mass is 14.6. The number of nitrogens with two attached hydrogens (primary N) is 1. The molecular weight excluding hydrogens is 158 g/mol. The van der Waals surface area contributed by atoms with E-state index in [1.165, 1.54) is 16.7 Å². The van der Waals surface area contributed by atoms with Gasteiger partial charge in [-0.1, -0.05) is 26.8 Å². The largest absolute Gasteiger partial charge is 0.399 e. The lowest BCUT2D eigenvalue weighted by Gasteiger charge is -2.14. The maximum atomic E-state index is 5.88. The molecule has 0 heterocycles. The van der Waals surface area contributed by atoms with Crippen molar-refractivity contribution < 1.29 is 0 Å². The number of anilines is 1. The van der Waals surface area contributed by atoms with E-state index in [2.05, 4.69) is 39.8 Å². The van der Waals surface area contributed by atoms with Gasteiger partial charge < -0.3 is 5.73 Å². The van der Waals surface area contributed by atoms with E-state index in [0.717, 1.165) is 12.1 Å². The highest BCUT2D eigenvalue weighted by molar-refractivity contribution is 5.52. The van der Waals surface area contributed by atoms with Crippen molar-refractivity contribution in [3.8, 4) is 0 Å². The molecule has 0 fully saturated rings. The van der Waals surface area contributed by atoms with Gasteiger partial charge in [-0.3, -0.25) is 0 Å². The molecule has 0 bridgehead atoms. The fourth-order valence-electron chi connectivity index (χ4n) is 1.65. The van der Waals surface area contributed by atoms with Crippen LogP contribution in [-0.2, 0) is 6.42 Å². The third-order valence-electron chi connectivity index (χ3n) is 2.53. The summed E-state index contributed by atoms with van der Waals surface area (Å²) in [5.74, 6) is 0.567. The molecule has 1 nitrogen and oxygen atoms in total. The van der Waals surface area contributed by atoms with E-state index >= 15 is 0 Å². The average Bonchev–Trinajstić information content (AvgIpc) is 2.08. The second kappa shape index (κ2) is 3.82. The maximum absolute atomic E-state index is 5.88. The van der Waals surface area contributed by atoms with Crippen molar-refractivity contribution in [2.45, 2.75) is 40.0 Å². The fraction of sp³-hybridized carbons (Fsp3) is 0.500. The van der Waals surface area contributed by atoms with E-state index in [1.54, 1.807) is 0 Å². The minimum Gasteiger partial charge on any atom is -0.399 e. The Kier molecular flexibility index (Phi) is 2.97. The SMILES string of the molecule is CCc1cc(C)c(N)cc1C(C)C. The summed E-state index contributed by atoms with van der Waals surface area (Å²) in [6, 6.07) is 4.34. The van der Waals surface area contributed by atoms with Crippen molar-refractivity contribution >= 4 is 5.69 Å². The van der Waals surface area contributed by atoms with Crippen molar-refractivity contribution in [3.63, 3.8) is 0 Å². The molecule has 2 N–H and O–H groups in total. The first-order valence-electron chi connectivity index (χ1n) is 4.95. The van der Waals surface area contributed by atoms with Gasteiger partial charge in [0.05, 0.1) is 0 Å². The first-order valence-corrected chi connectivity index (χ1v) is 4.95. The standard InChI is InChI=1S/C12H19N/c1-5-10-6-9(4)12(13)7-11(10)8(2)3/h6-8H,5,13H2,1-4H3. The minimum absolute atomic E-state index is 0.567. The summed E-state index contributed by atoms with van der Waals surface area (Å²) in [5.41, 5.74) is 10.8. The lowest BCUT2D eigenvalue weighted by molar-refractivity contribution is 0.844. The van der Waals surface area contributed by atoms with E-state index in [4.69, 9.17) is 5.73 Å². The van der Waals surface area contributed by atoms with E-state index in [9.17, 15) is 0 Å². The number of rotatable bonds is 2. The first-order chi connectivity index (χ1) is 6.06. The van der Waals surface area contributed by atoms with Crippen LogP contribution < -0.4 is 5.73 Å². The second-order valence-corrected chi connectivity index (χ2v) is 3.92. The van der Waals surface area contributed by atoms with Crippen LogP contribution in [0.2, 0.25) is 0 Å². The van der Waals surface area contributed by atoms with E-state index in [1.807, 2.05) is 0 Å². The smallest absolute Gasteiger partial charge is 0.0346 e. The van der Waals surface area contributed by atoms with Gasteiger partial charge in [0, 0.05) is 5.69 Å². The Morgan fingerprint density at radius 1 is 1.31 bits per heavy atom. The van der Waals surface area contributed by atoms with Gasteiger partial charge in [-0.25, -0.2) is 0 Å². The van der Waals surface area contributed by atoms with Crippen LogP contribution in [-0.4, -0.2) is 0 Å². The van der Waals surface area contributed by atoms with Crippen LogP contribution in [0.3, 0.4) is 0 Å². The Morgan fingerprint density at radius 2 is 1.92 bits per heavy atom. The Morgan fingerprint density at radius 3 is 2.38 bits per heavy atom. The molecule has 0 aliphatic carbocycles. The summed E-state index contributed by atoms with van der Waals surface area (Å²) in [5, 5.41) is 0. The van der Waals surface area contributed by atoms with E-state index in [-0.39, 0.29) is 0 Å². The van der Waals surface area contributed by atoms with Gasteiger partial charge in [-0.2, -0.15) is 0 Å². The number of benzene rings is 1. The lowest BCUT2D eigenvalue weighted by Crippen LogP contribution is -1.99. The van der Waals surface area contributed by atoms with Crippen LogP contribution in [0.1, 0.15) is 43.4 Å². The Labute approximate surface area is 81.0 Å². The number of hydrogen-bond donors (Lipinski definition) is 1. The zero-order valence-corrected chi connectivity index (χ0v) is 9.02. The number of nitrogen functional groups attached to an aromatic ring is 1. The molecule has 0 aromatic heterocycles. The summed E-state index contributed by atoms with van der Waals surface area (Å²) < 4.78 is 0. The molecule has 0 atom stereocenters. The van der Waals surface area contributed by atoms with Crippen molar-refractivity contribution in [2.24, 2.45) is 0 Å². The van der Waals surface area contributed by atoms with Gasteiger partial charge >= 0.3 is 0 Å². The third kappa shape index (κ3) is 2.03. The molecule has 72 valence electrons. The summed E-state index contributed by atoms with van der Waals surface area (Å²) in [7, 11) is 0. The van der Waals surface area contributed by atoms with Crippen LogP contribution >= 0.6 is 0 Å². The molecule has 13 heavy (non-hydrogen) atoms. The second-order valence-electron chi connectivity index (χ2n) is 3.92. The van der Waals surface area contributed by atoms with Crippen molar-refractivity contribution in [1.82, 2.24) is 0 Å². The number of hydrogen-bond acceptors (Lipinski definition) is 1. The maximum Gasteiger partial charge on any atom is 0.0346 e. The lowest BCUT2D eigenvalue weighted by atomic mass is 9.93. The molecule has 0 aliphatic rings. The van der Waals surface area contributed by atoms with Crippen LogP contribution in [0.15, 0.2) is 12.1 Å². The van der Waals surface area contributed by atoms with Gasteiger partial charge in [0.15, 0.2) is 0 Å². The fourth-order valence-corrected chi connectivity index (χ4v) is 1.65. The quantitative estimate of drug-likeness (QED) is 0.689. The minimum atomic E-state index is 0.567. The van der Waals surface area contributed by atoms with Gasteiger partial charge in [-0.15, -0.1) is 0 Å². The molecule has 0 unspecified atom stereocenters. The summed E-state index contributed by atoms with van der Waals surface area (Å²) in [6.45, 7) is 8.68. The highest BCUT2D eigenvalue weighted by Gasteiger charge is 2.07. The summed E-state index contributed by atoms with van der Waals surface area (Å²) in [4.78, 5) is 0. The Hall–Kier alpha value is -0.980. The zero-order valence-electron chi connectivity index (χ0n) is 9.02. The van der Waals surface area contributed by atoms with Gasteiger partial charge in [0.1, 0.15) is 0 Å². The molecule has 1 rings (SSSR count). The van der Waals surface area contributed by atoms with E-state index < -0.39 is 0 Å². The molecule has 1 aromatic rings. The molecule has 0 amide bonds. The molecule has 0 spiro atoms. The normalized spacial score (nSPS) is 10.8. The van der Waals surface area contributed by atoms with Crippen molar-refractivity contribution in [1.29, 1.82) is 0 Å². The van der Waals surface area contributed by atoms with Gasteiger partial charge in [-0.05, 0) is 42.0 Å². The van der Waals surface area contributed by atoms with Crippen LogP contribution in [0.4, 0.5) is 5.69 Å². The van der Waals surface area contributed by atoms with Crippen LogP contribution in [0, 0.1) is 6.92 Å².